The van der Waals surface area contributed by atoms with Gasteiger partial charge in [0.2, 0.25) is 0 Å². The highest BCUT2D eigenvalue weighted by molar-refractivity contribution is 6.00. The van der Waals surface area contributed by atoms with Gasteiger partial charge in [0.1, 0.15) is 5.75 Å². The van der Waals surface area contributed by atoms with Crippen LogP contribution in [0.25, 0.3) is 0 Å². The number of anilines is 2. The van der Waals surface area contributed by atoms with Gasteiger partial charge in [0, 0.05) is 18.7 Å². The summed E-state index contributed by atoms with van der Waals surface area (Å²) in [6, 6.07) is 12.9. The molecule has 0 fully saturated rings. The minimum absolute atomic E-state index is 0.0492. The molecule has 0 unspecified atom stereocenters. The van der Waals surface area contributed by atoms with Crippen molar-refractivity contribution in [3.63, 3.8) is 0 Å². The normalized spacial score (nSPS) is 10.4. The number of amides is 1. The van der Waals surface area contributed by atoms with Crippen LogP contribution in [0, 0.1) is 0 Å². The van der Waals surface area contributed by atoms with E-state index in [0.717, 1.165) is 0 Å². The van der Waals surface area contributed by atoms with Crippen molar-refractivity contribution in [2.45, 2.75) is 26.4 Å². The van der Waals surface area contributed by atoms with Crippen molar-refractivity contribution in [3.8, 4) is 5.75 Å². The third-order valence-corrected chi connectivity index (χ3v) is 3.68. The fourth-order valence-corrected chi connectivity index (χ4v) is 2.43. The van der Waals surface area contributed by atoms with E-state index in [1.165, 1.54) is 12.1 Å². The van der Waals surface area contributed by atoms with E-state index in [9.17, 15) is 18.4 Å². The zero-order chi connectivity index (χ0) is 20.4. The number of para-hydroxylation sites is 1. The number of nitrogens with one attached hydrogen (secondary N) is 2. The second-order valence-corrected chi connectivity index (χ2v) is 5.74. The molecule has 0 aromatic heterocycles. The van der Waals surface area contributed by atoms with Crippen LogP contribution in [-0.2, 0) is 9.53 Å². The fraction of sp³-hybridized carbons (Fsp3) is 0.300. The number of hydrogen-bond donors (Lipinski definition) is 2. The average molecular weight is 392 g/mol. The third kappa shape index (κ3) is 6.86. The number of hydrogen-bond acceptors (Lipinski definition) is 5. The van der Waals surface area contributed by atoms with Crippen LogP contribution >= 0.6 is 0 Å². The number of carbonyl (C=O) groups excluding carboxylic acids is 2. The van der Waals surface area contributed by atoms with Crippen molar-refractivity contribution in [1.82, 2.24) is 5.32 Å². The van der Waals surface area contributed by atoms with Gasteiger partial charge in [-0.3, -0.25) is 9.59 Å². The summed E-state index contributed by atoms with van der Waals surface area (Å²) in [6.07, 6.45) is 0.715. The van der Waals surface area contributed by atoms with Crippen molar-refractivity contribution >= 4 is 23.3 Å². The maximum absolute atomic E-state index is 12.4. The first kappa shape index (κ1) is 21.1. The summed E-state index contributed by atoms with van der Waals surface area (Å²) in [4.78, 5) is 23.7. The molecule has 2 rings (SSSR count). The Kier molecular flexibility index (Phi) is 8.20. The predicted octanol–water partition coefficient (Wildman–Crippen LogP) is 4.10. The van der Waals surface area contributed by atoms with Crippen LogP contribution in [0.15, 0.2) is 48.5 Å². The van der Waals surface area contributed by atoms with Crippen LogP contribution in [0.3, 0.4) is 0 Å². The van der Waals surface area contributed by atoms with Crippen LogP contribution in [0.4, 0.5) is 20.2 Å². The molecule has 0 aliphatic carbocycles. The zero-order valence-corrected chi connectivity index (χ0v) is 15.4. The zero-order valence-electron chi connectivity index (χ0n) is 15.4. The molecule has 0 aliphatic rings. The van der Waals surface area contributed by atoms with E-state index in [-0.39, 0.29) is 24.0 Å². The summed E-state index contributed by atoms with van der Waals surface area (Å²) in [7, 11) is 0. The van der Waals surface area contributed by atoms with E-state index >= 15 is 0 Å². The molecule has 0 spiro atoms. The largest absolute Gasteiger partial charge is 0.466 e. The molecule has 0 aliphatic heterocycles. The van der Waals surface area contributed by atoms with Crippen molar-refractivity contribution in [3.05, 3.63) is 54.1 Å². The van der Waals surface area contributed by atoms with Crippen molar-refractivity contribution in [2.24, 2.45) is 0 Å². The third-order valence-electron chi connectivity index (χ3n) is 3.68. The van der Waals surface area contributed by atoms with E-state index in [0.29, 0.717) is 36.5 Å². The summed E-state index contributed by atoms with van der Waals surface area (Å²) in [5.41, 5.74) is 1.60. The van der Waals surface area contributed by atoms with Crippen LogP contribution in [0.2, 0.25) is 0 Å². The van der Waals surface area contributed by atoms with E-state index < -0.39 is 6.61 Å². The fourth-order valence-electron chi connectivity index (χ4n) is 2.43. The number of carbonyl (C=O) groups is 2. The topological polar surface area (TPSA) is 76.7 Å². The van der Waals surface area contributed by atoms with Gasteiger partial charge in [-0.25, -0.2) is 0 Å². The highest BCUT2D eigenvalue weighted by atomic mass is 19.3. The second-order valence-electron chi connectivity index (χ2n) is 5.74. The smallest absolute Gasteiger partial charge is 0.387 e. The number of rotatable bonds is 10. The van der Waals surface area contributed by atoms with E-state index in [1.807, 2.05) is 0 Å². The molecular weight excluding hydrogens is 370 g/mol. The molecule has 0 heterocycles. The Balaban J connectivity index is 1.94. The lowest BCUT2D eigenvalue weighted by molar-refractivity contribution is -0.143. The van der Waals surface area contributed by atoms with Gasteiger partial charge in [-0.2, -0.15) is 8.78 Å². The van der Waals surface area contributed by atoms with Crippen molar-refractivity contribution < 1.29 is 27.8 Å². The Morgan fingerprint density at radius 2 is 1.79 bits per heavy atom. The standard InChI is InChI=1S/C20H22F2N2O4/c1-2-27-18(25)8-5-13-23-19(26)16-6-3-4-7-17(16)24-14-9-11-15(12-10-14)28-20(21)22/h3-4,6-7,9-12,20,24H,2,5,8,13H2,1H3,(H,23,26). The Labute approximate surface area is 161 Å². The minimum Gasteiger partial charge on any atom is -0.466 e. The molecule has 28 heavy (non-hydrogen) atoms. The molecule has 1 amide bonds. The summed E-state index contributed by atoms with van der Waals surface area (Å²) >= 11 is 0. The highest BCUT2D eigenvalue weighted by Crippen LogP contribution is 2.23. The van der Waals surface area contributed by atoms with Gasteiger partial charge in [0.05, 0.1) is 17.9 Å². The molecule has 2 aromatic rings. The van der Waals surface area contributed by atoms with Gasteiger partial charge in [-0.05, 0) is 49.7 Å². The number of benzene rings is 2. The van der Waals surface area contributed by atoms with Crippen LogP contribution in [-0.4, -0.2) is 31.6 Å². The molecule has 0 bridgehead atoms. The number of ether oxygens (including phenoxy) is 2. The molecule has 6 nitrogen and oxygen atoms in total. The van der Waals surface area contributed by atoms with E-state index in [1.54, 1.807) is 43.3 Å². The van der Waals surface area contributed by atoms with Gasteiger partial charge in [-0.1, -0.05) is 12.1 Å². The van der Waals surface area contributed by atoms with Gasteiger partial charge in [0.25, 0.3) is 5.91 Å². The Morgan fingerprint density at radius 3 is 2.46 bits per heavy atom. The SMILES string of the molecule is CCOC(=O)CCCNC(=O)c1ccccc1Nc1ccc(OC(F)F)cc1. The lowest BCUT2D eigenvalue weighted by atomic mass is 10.1. The van der Waals surface area contributed by atoms with Crippen LogP contribution < -0.4 is 15.4 Å². The van der Waals surface area contributed by atoms with Gasteiger partial charge >= 0.3 is 12.6 Å². The molecular formula is C20H22F2N2O4. The predicted molar refractivity (Wildman–Crippen MR) is 101 cm³/mol. The Morgan fingerprint density at radius 1 is 1.07 bits per heavy atom. The lowest BCUT2D eigenvalue weighted by Crippen LogP contribution is -2.25. The lowest BCUT2D eigenvalue weighted by Gasteiger charge is -2.13. The number of halogens is 2. The number of esters is 1. The van der Waals surface area contributed by atoms with Crippen molar-refractivity contribution in [1.29, 1.82) is 0 Å². The first-order valence-corrected chi connectivity index (χ1v) is 8.84. The van der Waals surface area contributed by atoms with E-state index in [2.05, 4.69) is 15.4 Å². The first-order valence-electron chi connectivity index (χ1n) is 8.84. The van der Waals surface area contributed by atoms with Gasteiger partial charge in [-0.15, -0.1) is 0 Å². The minimum atomic E-state index is -2.88. The van der Waals surface area contributed by atoms with E-state index in [4.69, 9.17) is 4.74 Å². The second kappa shape index (κ2) is 10.9. The molecule has 0 atom stereocenters. The highest BCUT2D eigenvalue weighted by Gasteiger charge is 2.11. The first-order chi connectivity index (χ1) is 13.5. The summed E-state index contributed by atoms with van der Waals surface area (Å²) in [5.74, 6) is -0.532. The van der Waals surface area contributed by atoms with Gasteiger partial charge < -0.3 is 20.1 Å². The van der Waals surface area contributed by atoms with Crippen LogP contribution in [0.1, 0.15) is 30.1 Å². The summed E-state index contributed by atoms with van der Waals surface area (Å²) < 4.78 is 33.6. The summed E-state index contributed by atoms with van der Waals surface area (Å²) in [5, 5.41) is 5.84. The summed E-state index contributed by atoms with van der Waals surface area (Å²) in [6.45, 7) is -0.472. The molecule has 0 radical (unpaired) electrons. The molecule has 8 heteroatoms. The van der Waals surface area contributed by atoms with Crippen LogP contribution in [0.5, 0.6) is 5.75 Å². The van der Waals surface area contributed by atoms with Gasteiger partial charge in [0.15, 0.2) is 0 Å². The molecule has 0 saturated carbocycles. The maximum atomic E-state index is 12.4. The quantitative estimate of drug-likeness (QED) is 0.470. The number of alkyl halides is 2. The molecule has 0 saturated heterocycles. The Bertz CT molecular complexity index is 782. The molecule has 2 aromatic carbocycles. The molecule has 2 N–H and O–H groups in total. The monoisotopic (exact) mass is 392 g/mol. The molecule has 150 valence electrons. The average Bonchev–Trinajstić information content (AvgIpc) is 2.67. The maximum Gasteiger partial charge on any atom is 0.387 e. The Hall–Kier alpha value is -3.16. The van der Waals surface area contributed by atoms with Crippen molar-refractivity contribution in [2.75, 3.05) is 18.5 Å².